The Morgan fingerprint density at radius 3 is 2.80 bits per heavy atom. The minimum absolute atomic E-state index is 0.191. The number of benzene rings is 2. The summed E-state index contributed by atoms with van der Waals surface area (Å²) in [6.07, 6.45) is 7.85. The van der Waals surface area contributed by atoms with Crippen LogP contribution in [0, 0.1) is 5.82 Å². The highest BCUT2D eigenvalue weighted by molar-refractivity contribution is 6.19. The van der Waals surface area contributed by atoms with E-state index in [0.717, 1.165) is 94.2 Å². The number of aliphatic hydroxyl groups is 1. The van der Waals surface area contributed by atoms with Crippen LogP contribution in [0.5, 0.6) is 6.01 Å². The number of anilines is 1. The van der Waals surface area contributed by atoms with E-state index < -0.39 is 5.60 Å². The normalized spacial score (nSPS) is 26.0. The van der Waals surface area contributed by atoms with Crippen molar-refractivity contribution < 1.29 is 28.1 Å². The first-order valence-electron chi connectivity index (χ1n) is 19.3. The largest absolute Gasteiger partial charge is 0.461 e. The Kier molecular flexibility index (Phi) is 8.18. The first-order valence-corrected chi connectivity index (χ1v) is 19.3. The van der Waals surface area contributed by atoms with Gasteiger partial charge in [0.2, 0.25) is 0 Å². The minimum atomic E-state index is -1.14. The molecule has 0 aliphatic carbocycles. The lowest BCUT2D eigenvalue weighted by Gasteiger charge is -2.31. The summed E-state index contributed by atoms with van der Waals surface area (Å²) >= 11 is 0. The van der Waals surface area contributed by atoms with Crippen LogP contribution in [0.3, 0.4) is 0 Å². The van der Waals surface area contributed by atoms with E-state index in [1.54, 1.807) is 19.1 Å². The van der Waals surface area contributed by atoms with Crippen molar-refractivity contribution in [2.24, 2.45) is 14.1 Å². The first-order chi connectivity index (χ1) is 26.6. The van der Waals surface area contributed by atoms with E-state index in [-0.39, 0.29) is 36.7 Å². The third-order valence-corrected chi connectivity index (χ3v) is 12.2. The fraction of sp³-hybridized carbons (Fsp3) is 0.500. The highest BCUT2D eigenvalue weighted by Gasteiger charge is 2.47. The Labute approximate surface area is 316 Å². The molecular weight excluding hydrogens is 708 g/mol. The van der Waals surface area contributed by atoms with E-state index >= 15 is 4.39 Å². The van der Waals surface area contributed by atoms with E-state index in [2.05, 4.69) is 11.0 Å². The standard InChI is InChI=1S/C40H45F2N9O4/c1-39(52)21-49(12-14-53-22-39)37-32-34-35(47(2)36(32)44-38(45-37)55-23-40-10-6-11-50(40)20-24(17-40)18-41)33(46-48(34)3)31-27-16-26(42)9-8-25(27)15-29-28(31)19-43-51(29)30-7-4-5-13-54-30/h8-9,15-16,18-19,30,52H,4-7,10-14,17,20-23H2,1-3H3/b24-18-/t30?,39-,40-/m0/s1. The molecule has 4 aliphatic rings. The van der Waals surface area contributed by atoms with Crippen molar-refractivity contribution in [3.05, 3.63) is 48.2 Å². The van der Waals surface area contributed by atoms with Crippen molar-refractivity contribution in [1.82, 2.24) is 39.0 Å². The molecule has 0 amide bonds. The lowest BCUT2D eigenvalue weighted by Crippen LogP contribution is -2.44. The topological polar surface area (TPSA) is 121 Å². The summed E-state index contributed by atoms with van der Waals surface area (Å²) in [5.74, 6) is 0.251. The monoisotopic (exact) mass is 753 g/mol. The van der Waals surface area contributed by atoms with Crippen molar-refractivity contribution in [3.8, 4) is 17.3 Å². The Bertz CT molecular complexity index is 2520. The molecule has 13 nitrogen and oxygen atoms in total. The van der Waals surface area contributed by atoms with Crippen molar-refractivity contribution in [2.75, 3.05) is 57.5 Å². The quantitative estimate of drug-likeness (QED) is 0.220. The highest BCUT2D eigenvalue weighted by Crippen LogP contribution is 2.45. The van der Waals surface area contributed by atoms with E-state index in [0.29, 0.717) is 56.5 Å². The van der Waals surface area contributed by atoms with Gasteiger partial charge in [-0.05, 0) is 86.5 Å². The van der Waals surface area contributed by atoms with Gasteiger partial charge in [-0.15, -0.1) is 0 Å². The van der Waals surface area contributed by atoms with Crippen molar-refractivity contribution >= 4 is 49.6 Å². The SMILES string of the molecule is Cn1nc(-c2c3cc(F)ccc3cc3c2cnn3C2CCCCO2)c2c1c1c(N3CCOC[C@@](C)(O)C3)nc(OC[C@@]34CCCN3C/C(=C\F)C4)nc1n2C. The number of hydrogen-bond donors (Lipinski definition) is 1. The number of rotatable bonds is 6. The number of halogens is 2. The molecule has 4 fully saturated rings. The van der Waals surface area contributed by atoms with Gasteiger partial charge < -0.3 is 28.8 Å². The highest BCUT2D eigenvalue weighted by atomic mass is 19.1. The van der Waals surface area contributed by atoms with Crippen LogP contribution in [-0.2, 0) is 23.6 Å². The third kappa shape index (κ3) is 5.60. The fourth-order valence-corrected chi connectivity index (χ4v) is 9.66. The average molecular weight is 754 g/mol. The summed E-state index contributed by atoms with van der Waals surface area (Å²) in [7, 11) is 3.85. The molecule has 0 radical (unpaired) electrons. The molecule has 8 heterocycles. The number of fused-ring (bicyclic) bond motifs is 6. The van der Waals surface area contributed by atoms with Gasteiger partial charge in [0.1, 0.15) is 29.5 Å². The van der Waals surface area contributed by atoms with Gasteiger partial charge in [-0.25, -0.2) is 13.5 Å². The summed E-state index contributed by atoms with van der Waals surface area (Å²) in [6, 6.07) is 7.11. The molecule has 0 spiro atoms. The Hall–Kier alpha value is -4.70. The zero-order valence-corrected chi connectivity index (χ0v) is 31.4. The van der Waals surface area contributed by atoms with E-state index in [1.807, 2.05) is 39.1 Å². The number of aromatic nitrogens is 7. The van der Waals surface area contributed by atoms with Crippen LogP contribution in [0.2, 0.25) is 0 Å². The number of nitrogens with zero attached hydrogens (tertiary/aromatic N) is 9. The third-order valence-electron chi connectivity index (χ3n) is 12.2. The van der Waals surface area contributed by atoms with E-state index in [9.17, 15) is 9.50 Å². The van der Waals surface area contributed by atoms with Gasteiger partial charge in [-0.3, -0.25) is 9.58 Å². The van der Waals surface area contributed by atoms with Crippen LogP contribution in [0.15, 0.2) is 42.4 Å². The molecule has 1 unspecified atom stereocenters. The molecule has 2 aromatic carbocycles. The summed E-state index contributed by atoms with van der Waals surface area (Å²) in [5, 5.41) is 24.5. The first kappa shape index (κ1) is 34.8. The molecule has 4 aliphatic heterocycles. The predicted octanol–water partition coefficient (Wildman–Crippen LogP) is 5.92. The molecule has 0 bridgehead atoms. The summed E-state index contributed by atoms with van der Waals surface area (Å²) < 4.78 is 53.2. The number of β-amino-alcohol motifs (C(OH)–C–C–N with tert-alkyl or cyclic N) is 1. The molecule has 3 atom stereocenters. The van der Waals surface area contributed by atoms with Gasteiger partial charge in [-0.2, -0.15) is 20.2 Å². The van der Waals surface area contributed by atoms with Crippen molar-refractivity contribution in [2.45, 2.75) is 62.8 Å². The maximum Gasteiger partial charge on any atom is 0.320 e. The summed E-state index contributed by atoms with van der Waals surface area (Å²) in [5.41, 5.74) is 3.84. The lowest BCUT2D eigenvalue weighted by atomic mass is 9.94. The number of hydrogen-bond acceptors (Lipinski definition) is 10. The van der Waals surface area contributed by atoms with Gasteiger partial charge in [0, 0.05) is 44.7 Å². The van der Waals surface area contributed by atoms with E-state index in [4.69, 9.17) is 34.4 Å². The van der Waals surface area contributed by atoms with Crippen LogP contribution < -0.4 is 9.64 Å². The van der Waals surface area contributed by atoms with Crippen LogP contribution in [0.1, 0.15) is 51.7 Å². The summed E-state index contributed by atoms with van der Waals surface area (Å²) in [6.45, 7) is 5.60. The average Bonchev–Trinajstić information content (AvgIpc) is 3.96. The van der Waals surface area contributed by atoms with Crippen LogP contribution in [0.4, 0.5) is 14.6 Å². The molecule has 15 heteroatoms. The van der Waals surface area contributed by atoms with Gasteiger partial charge >= 0.3 is 6.01 Å². The van der Waals surface area contributed by atoms with Gasteiger partial charge in [-0.1, -0.05) is 6.07 Å². The van der Waals surface area contributed by atoms with Crippen molar-refractivity contribution in [1.29, 1.82) is 0 Å². The zero-order chi connectivity index (χ0) is 37.6. The van der Waals surface area contributed by atoms with Crippen molar-refractivity contribution in [3.63, 3.8) is 0 Å². The molecule has 1 N–H and O–H groups in total. The van der Waals surface area contributed by atoms with Crippen LogP contribution >= 0.6 is 0 Å². The molecule has 0 saturated carbocycles. The molecule has 10 rings (SSSR count). The van der Waals surface area contributed by atoms with Gasteiger partial charge in [0.15, 0.2) is 11.9 Å². The van der Waals surface area contributed by atoms with Gasteiger partial charge in [0.25, 0.3) is 0 Å². The lowest BCUT2D eigenvalue weighted by molar-refractivity contribution is -0.0366. The minimum Gasteiger partial charge on any atom is -0.461 e. The van der Waals surface area contributed by atoms with Gasteiger partial charge in [0.05, 0.1) is 59.8 Å². The maximum absolute atomic E-state index is 15.1. The Morgan fingerprint density at radius 1 is 1.07 bits per heavy atom. The maximum atomic E-state index is 15.1. The Balaban J connectivity index is 1.18. The second-order valence-corrected chi connectivity index (χ2v) is 16.2. The van der Waals surface area contributed by atoms with E-state index in [1.165, 1.54) is 6.07 Å². The molecular formula is C40H45F2N9O4. The molecule has 4 aromatic heterocycles. The zero-order valence-electron chi connectivity index (χ0n) is 31.4. The Morgan fingerprint density at radius 2 is 1.96 bits per heavy atom. The number of aryl methyl sites for hydroxylation is 2. The van der Waals surface area contributed by atoms with Crippen LogP contribution in [-0.4, -0.2) is 108 Å². The summed E-state index contributed by atoms with van der Waals surface area (Å²) in [4.78, 5) is 14.5. The molecule has 4 saturated heterocycles. The second-order valence-electron chi connectivity index (χ2n) is 16.2. The predicted molar refractivity (Wildman–Crippen MR) is 204 cm³/mol. The molecule has 55 heavy (non-hydrogen) atoms. The second kappa shape index (κ2) is 12.9. The molecule has 288 valence electrons. The molecule has 6 aromatic rings. The fourth-order valence-electron chi connectivity index (χ4n) is 9.66. The smallest absolute Gasteiger partial charge is 0.320 e. The van der Waals surface area contributed by atoms with Crippen LogP contribution in [0.25, 0.3) is 55.0 Å². The number of ether oxygens (including phenoxy) is 3.